The Morgan fingerprint density at radius 3 is 2.65 bits per heavy atom. The van der Waals surface area contributed by atoms with E-state index < -0.39 is 0 Å². The number of carbonyl (C=O) groups excluding carboxylic acids is 1. The van der Waals surface area contributed by atoms with Gasteiger partial charge < -0.3 is 10.4 Å². The predicted octanol–water partition coefficient (Wildman–Crippen LogP) is 2.85. The molecule has 1 aromatic carbocycles. The molecule has 0 unspecified atom stereocenters. The molecule has 0 aromatic heterocycles. The van der Waals surface area contributed by atoms with Crippen LogP contribution in [0.5, 0.6) is 5.75 Å². The van der Waals surface area contributed by atoms with Crippen molar-refractivity contribution in [3.8, 4) is 5.75 Å². The summed E-state index contributed by atoms with van der Waals surface area (Å²) in [6, 6.07) is 4.85. The summed E-state index contributed by atoms with van der Waals surface area (Å²) in [7, 11) is 0. The van der Waals surface area contributed by atoms with Crippen LogP contribution in [-0.4, -0.2) is 22.9 Å². The van der Waals surface area contributed by atoms with Crippen LogP contribution in [0.25, 0.3) is 0 Å². The Hall–Kier alpha value is -1.03. The van der Waals surface area contributed by atoms with Gasteiger partial charge in [-0.25, -0.2) is 0 Å². The third-order valence-corrected chi connectivity index (χ3v) is 4.07. The number of hydrogen-bond donors (Lipinski definition) is 2. The van der Waals surface area contributed by atoms with E-state index in [4.69, 9.17) is 0 Å². The zero-order valence-electron chi connectivity index (χ0n) is 10.4. The highest BCUT2D eigenvalue weighted by Gasteiger charge is 2.17. The Bertz CT molecular complexity index is 416. The highest BCUT2D eigenvalue weighted by atomic mass is 79.9. The molecule has 0 bridgehead atoms. The maximum absolute atomic E-state index is 11.9. The molecule has 0 spiro atoms. The molecule has 17 heavy (non-hydrogen) atoms. The molecular formula is C13H18BrNO2. The third-order valence-electron chi connectivity index (χ3n) is 2.55. The van der Waals surface area contributed by atoms with Crippen molar-refractivity contribution < 1.29 is 9.90 Å². The lowest BCUT2D eigenvalue weighted by atomic mass is 9.96. The van der Waals surface area contributed by atoms with E-state index in [-0.39, 0.29) is 17.1 Å². The minimum atomic E-state index is -0.109. The largest absolute Gasteiger partial charge is 0.508 e. The fraction of sp³-hybridized carbons (Fsp3) is 0.462. The molecule has 0 heterocycles. The van der Waals surface area contributed by atoms with Crippen LogP contribution in [0.2, 0.25) is 0 Å². The lowest BCUT2D eigenvalue weighted by Crippen LogP contribution is -2.34. The summed E-state index contributed by atoms with van der Waals surface area (Å²) in [5.74, 6) is 0.101. The summed E-state index contributed by atoms with van der Waals surface area (Å²) in [6.45, 7) is 6.53. The number of halogens is 1. The third kappa shape index (κ3) is 4.04. The Balaban J connectivity index is 2.68. The molecule has 2 N–H and O–H groups in total. The summed E-state index contributed by atoms with van der Waals surface area (Å²) in [4.78, 5) is 11.9. The number of hydrogen-bond acceptors (Lipinski definition) is 2. The zero-order chi connectivity index (χ0) is 13.1. The predicted molar refractivity (Wildman–Crippen MR) is 72.8 cm³/mol. The number of phenols is 1. The van der Waals surface area contributed by atoms with Gasteiger partial charge in [0.05, 0.1) is 0 Å². The van der Waals surface area contributed by atoms with Crippen molar-refractivity contribution in [2.24, 2.45) is 5.41 Å². The Labute approximate surface area is 110 Å². The van der Waals surface area contributed by atoms with Crippen molar-refractivity contribution in [1.82, 2.24) is 5.32 Å². The van der Waals surface area contributed by atoms with Crippen LogP contribution < -0.4 is 5.32 Å². The first-order chi connectivity index (χ1) is 7.85. The average Bonchev–Trinajstić information content (AvgIpc) is 2.30. The van der Waals surface area contributed by atoms with Crippen LogP contribution in [0, 0.1) is 12.3 Å². The summed E-state index contributed by atoms with van der Waals surface area (Å²) in [5.41, 5.74) is 1.31. The maximum atomic E-state index is 11.9. The summed E-state index contributed by atoms with van der Waals surface area (Å²) >= 11 is 3.41. The van der Waals surface area contributed by atoms with Gasteiger partial charge in [0.2, 0.25) is 0 Å². The van der Waals surface area contributed by atoms with Crippen LogP contribution in [0.3, 0.4) is 0 Å². The number of aromatic hydroxyl groups is 1. The molecule has 0 fully saturated rings. The fourth-order valence-corrected chi connectivity index (χ4v) is 1.46. The van der Waals surface area contributed by atoms with Crippen molar-refractivity contribution in [3.63, 3.8) is 0 Å². The van der Waals surface area contributed by atoms with Crippen LogP contribution in [0.4, 0.5) is 0 Å². The lowest BCUT2D eigenvalue weighted by Gasteiger charge is -2.21. The average molecular weight is 300 g/mol. The van der Waals surface area contributed by atoms with E-state index in [1.807, 2.05) is 0 Å². The van der Waals surface area contributed by atoms with E-state index in [9.17, 15) is 9.90 Å². The maximum Gasteiger partial charge on any atom is 0.251 e. The quantitative estimate of drug-likeness (QED) is 0.840. The van der Waals surface area contributed by atoms with E-state index in [1.54, 1.807) is 25.1 Å². The molecule has 1 amide bonds. The molecule has 1 aromatic rings. The molecule has 0 aliphatic carbocycles. The van der Waals surface area contributed by atoms with Gasteiger partial charge in [0.15, 0.2) is 0 Å². The second-order valence-corrected chi connectivity index (χ2v) is 5.54. The molecule has 94 valence electrons. The van der Waals surface area contributed by atoms with Crippen LogP contribution in [0.1, 0.15) is 29.8 Å². The monoisotopic (exact) mass is 299 g/mol. The van der Waals surface area contributed by atoms with Gasteiger partial charge in [-0.15, -0.1) is 0 Å². The molecular weight excluding hydrogens is 282 g/mol. The topological polar surface area (TPSA) is 49.3 Å². The number of carbonyl (C=O) groups is 1. The standard InChI is InChI=1S/C13H18BrNO2/c1-9-6-10(4-5-11(9)16)12(17)15-8-13(2,3)7-14/h4-6,16H,7-8H2,1-3H3,(H,15,17). The minimum Gasteiger partial charge on any atom is -0.508 e. The summed E-state index contributed by atoms with van der Waals surface area (Å²) in [5, 5.41) is 13.1. The van der Waals surface area contributed by atoms with Gasteiger partial charge in [0, 0.05) is 17.4 Å². The first-order valence-corrected chi connectivity index (χ1v) is 6.62. The van der Waals surface area contributed by atoms with Gasteiger partial charge in [0.1, 0.15) is 5.75 Å². The number of rotatable bonds is 4. The number of alkyl halides is 1. The van der Waals surface area contributed by atoms with Gasteiger partial charge in [-0.1, -0.05) is 29.8 Å². The smallest absolute Gasteiger partial charge is 0.251 e. The van der Waals surface area contributed by atoms with E-state index >= 15 is 0 Å². The zero-order valence-corrected chi connectivity index (χ0v) is 12.0. The van der Waals surface area contributed by atoms with Crippen molar-refractivity contribution in [1.29, 1.82) is 0 Å². The van der Waals surface area contributed by atoms with Gasteiger partial charge in [-0.2, -0.15) is 0 Å². The molecule has 0 atom stereocenters. The lowest BCUT2D eigenvalue weighted by molar-refractivity contribution is 0.0940. The minimum absolute atomic E-state index is 0.0294. The summed E-state index contributed by atoms with van der Waals surface area (Å²) in [6.07, 6.45) is 0. The number of phenolic OH excluding ortho intramolecular Hbond substituents is 1. The molecule has 0 aliphatic rings. The normalized spacial score (nSPS) is 11.3. The first-order valence-electron chi connectivity index (χ1n) is 5.49. The number of nitrogens with one attached hydrogen (secondary N) is 1. The Morgan fingerprint density at radius 2 is 2.12 bits per heavy atom. The van der Waals surface area contributed by atoms with Crippen molar-refractivity contribution in [3.05, 3.63) is 29.3 Å². The molecule has 0 saturated carbocycles. The van der Waals surface area contributed by atoms with E-state index in [2.05, 4.69) is 35.1 Å². The van der Waals surface area contributed by atoms with Gasteiger partial charge in [0.25, 0.3) is 5.91 Å². The molecule has 3 nitrogen and oxygen atoms in total. The van der Waals surface area contributed by atoms with E-state index in [1.165, 1.54) is 0 Å². The van der Waals surface area contributed by atoms with Crippen LogP contribution in [-0.2, 0) is 0 Å². The Kier molecular flexibility index (Phi) is 4.57. The van der Waals surface area contributed by atoms with Crippen molar-refractivity contribution in [2.45, 2.75) is 20.8 Å². The number of amides is 1. The van der Waals surface area contributed by atoms with E-state index in [0.717, 1.165) is 5.33 Å². The van der Waals surface area contributed by atoms with Gasteiger partial charge in [-0.05, 0) is 36.1 Å². The second-order valence-electron chi connectivity index (χ2n) is 4.98. The molecule has 0 saturated heterocycles. The highest BCUT2D eigenvalue weighted by molar-refractivity contribution is 9.09. The highest BCUT2D eigenvalue weighted by Crippen LogP contribution is 2.18. The van der Waals surface area contributed by atoms with Crippen molar-refractivity contribution >= 4 is 21.8 Å². The Morgan fingerprint density at radius 1 is 1.47 bits per heavy atom. The fourth-order valence-electron chi connectivity index (χ4n) is 1.27. The SMILES string of the molecule is Cc1cc(C(=O)NCC(C)(C)CBr)ccc1O. The number of aryl methyl sites for hydroxylation is 1. The molecule has 4 heteroatoms. The summed E-state index contributed by atoms with van der Waals surface area (Å²) < 4.78 is 0. The first kappa shape index (κ1) is 14.0. The molecule has 0 radical (unpaired) electrons. The van der Waals surface area contributed by atoms with Crippen molar-refractivity contribution in [2.75, 3.05) is 11.9 Å². The van der Waals surface area contributed by atoms with Crippen LogP contribution >= 0.6 is 15.9 Å². The number of benzene rings is 1. The molecule has 0 aliphatic heterocycles. The molecule has 1 rings (SSSR count). The second kappa shape index (κ2) is 5.54. The van der Waals surface area contributed by atoms with Gasteiger partial charge >= 0.3 is 0 Å². The van der Waals surface area contributed by atoms with Crippen LogP contribution in [0.15, 0.2) is 18.2 Å². The van der Waals surface area contributed by atoms with E-state index in [0.29, 0.717) is 17.7 Å². The van der Waals surface area contributed by atoms with Gasteiger partial charge in [-0.3, -0.25) is 4.79 Å².